The third kappa shape index (κ3) is 4.37. The average molecular weight is 250 g/mol. The van der Waals surface area contributed by atoms with E-state index in [4.69, 9.17) is 9.47 Å². The van der Waals surface area contributed by atoms with Gasteiger partial charge in [0, 0.05) is 25.5 Å². The molecule has 1 saturated heterocycles. The fraction of sp³-hybridized carbons (Fsp3) is 0.643. The molecule has 1 atom stereocenters. The molecule has 1 N–H and O–H groups in total. The summed E-state index contributed by atoms with van der Waals surface area (Å²) in [6.45, 7) is 7.34. The van der Waals surface area contributed by atoms with Crippen LogP contribution in [0.3, 0.4) is 0 Å². The first-order chi connectivity index (χ1) is 8.66. The highest BCUT2D eigenvalue weighted by molar-refractivity contribution is 5.08. The van der Waals surface area contributed by atoms with Gasteiger partial charge in [-0.3, -0.25) is 4.98 Å². The van der Waals surface area contributed by atoms with Gasteiger partial charge in [0.25, 0.3) is 0 Å². The van der Waals surface area contributed by atoms with Crippen LogP contribution in [0.25, 0.3) is 0 Å². The molecule has 2 rings (SSSR count). The maximum Gasteiger partial charge on any atom is 0.0940 e. The Morgan fingerprint density at radius 1 is 1.56 bits per heavy atom. The molecule has 18 heavy (non-hydrogen) atoms. The van der Waals surface area contributed by atoms with E-state index in [1.54, 1.807) is 6.20 Å². The van der Waals surface area contributed by atoms with Crippen LogP contribution < -0.4 is 5.32 Å². The SMILES string of the molecule is CC1(C)CNCC(COCCc2cccnc2)O1. The van der Waals surface area contributed by atoms with E-state index in [2.05, 4.69) is 30.2 Å². The van der Waals surface area contributed by atoms with Crippen LogP contribution in [0.4, 0.5) is 0 Å². The highest BCUT2D eigenvalue weighted by Crippen LogP contribution is 2.15. The summed E-state index contributed by atoms with van der Waals surface area (Å²) in [6, 6.07) is 4.02. The number of nitrogens with zero attached hydrogens (tertiary/aromatic N) is 1. The van der Waals surface area contributed by atoms with Crippen LogP contribution in [0.1, 0.15) is 19.4 Å². The van der Waals surface area contributed by atoms with Crippen LogP contribution in [0.2, 0.25) is 0 Å². The van der Waals surface area contributed by atoms with E-state index in [0.717, 1.165) is 19.5 Å². The maximum absolute atomic E-state index is 5.93. The van der Waals surface area contributed by atoms with Crippen molar-refractivity contribution in [1.82, 2.24) is 10.3 Å². The zero-order chi connectivity index (χ0) is 12.8. The van der Waals surface area contributed by atoms with E-state index in [0.29, 0.717) is 13.2 Å². The Morgan fingerprint density at radius 2 is 2.44 bits per heavy atom. The summed E-state index contributed by atoms with van der Waals surface area (Å²) in [5.74, 6) is 0. The standard InChI is InChI=1S/C14H22N2O2/c1-14(2)11-16-9-13(18-14)10-17-7-5-12-4-3-6-15-8-12/h3-4,6,8,13,16H,5,7,9-11H2,1-2H3. The van der Waals surface area contributed by atoms with Crippen LogP contribution in [0, 0.1) is 0 Å². The molecule has 0 saturated carbocycles. The molecule has 0 radical (unpaired) electrons. The number of nitrogens with one attached hydrogen (secondary N) is 1. The fourth-order valence-corrected chi connectivity index (χ4v) is 2.11. The van der Waals surface area contributed by atoms with Gasteiger partial charge in [0.15, 0.2) is 0 Å². The molecular weight excluding hydrogens is 228 g/mol. The van der Waals surface area contributed by atoms with Crippen molar-refractivity contribution in [3.8, 4) is 0 Å². The van der Waals surface area contributed by atoms with Crippen LogP contribution in [-0.2, 0) is 15.9 Å². The predicted molar refractivity (Wildman–Crippen MR) is 70.6 cm³/mol. The lowest BCUT2D eigenvalue weighted by molar-refractivity contribution is -0.119. The van der Waals surface area contributed by atoms with Crippen molar-refractivity contribution in [2.75, 3.05) is 26.3 Å². The normalized spacial score (nSPS) is 22.9. The fourth-order valence-electron chi connectivity index (χ4n) is 2.11. The molecule has 2 heterocycles. The molecule has 0 aliphatic carbocycles. The number of aromatic nitrogens is 1. The van der Waals surface area contributed by atoms with Gasteiger partial charge in [-0.05, 0) is 31.9 Å². The second-order valence-corrected chi connectivity index (χ2v) is 5.32. The van der Waals surface area contributed by atoms with Gasteiger partial charge in [-0.25, -0.2) is 0 Å². The monoisotopic (exact) mass is 250 g/mol. The highest BCUT2D eigenvalue weighted by Gasteiger charge is 2.28. The summed E-state index contributed by atoms with van der Waals surface area (Å²) in [7, 11) is 0. The van der Waals surface area contributed by atoms with Crippen molar-refractivity contribution in [2.45, 2.75) is 32.0 Å². The summed E-state index contributed by atoms with van der Waals surface area (Å²) in [5.41, 5.74) is 1.12. The Balaban J connectivity index is 1.64. The van der Waals surface area contributed by atoms with Gasteiger partial charge < -0.3 is 14.8 Å². The Hall–Kier alpha value is -0.970. The quantitative estimate of drug-likeness (QED) is 0.802. The number of hydrogen-bond donors (Lipinski definition) is 1. The molecular formula is C14H22N2O2. The minimum Gasteiger partial charge on any atom is -0.378 e. The van der Waals surface area contributed by atoms with Crippen LogP contribution in [0.15, 0.2) is 24.5 Å². The van der Waals surface area contributed by atoms with Gasteiger partial charge in [0.05, 0.1) is 24.9 Å². The van der Waals surface area contributed by atoms with E-state index in [1.165, 1.54) is 5.56 Å². The van der Waals surface area contributed by atoms with Crippen LogP contribution in [0.5, 0.6) is 0 Å². The first-order valence-electron chi connectivity index (χ1n) is 6.51. The molecule has 1 aliphatic heterocycles. The second kappa shape index (κ2) is 6.27. The minimum atomic E-state index is -0.0877. The van der Waals surface area contributed by atoms with Crippen molar-refractivity contribution in [2.24, 2.45) is 0 Å². The van der Waals surface area contributed by atoms with Crippen LogP contribution >= 0.6 is 0 Å². The highest BCUT2D eigenvalue weighted by atomic mass is 16.5. The van der Waals surface area contributed by atoms with E-state index >= 15 is 0 Å². The van der Waals surface area contributed by atoms with Crippen LogP contribution in [-0.4, -0.2) is 43.0 Å². The smallest absolute Gasteiger partial charge is 0.0940 e. The van der Waals surface area contributed by atoms with Gasteiger partial charge in [-0.15, -0.1) is 0 Å². The molecule has 4 nitrogen and oxygen atoms in total. The zero-order valence-corrected chi connectivity index (χ0v) is 11.2. The molecule has 100 valence electrons. The predicted octanol–water partition coefficient (Wildman–Crippen LogP) is 1.41. The van der Waals surface area contributed by atoms with E-state index in [9.17, 15) is 0 Å². The van der Waals surface area contributed by atoms with Gasteiger partial charge in [0.1, 0.15) is 0 Å². The molecule has 0 aromatic carbocycles. The number of morpholine rings is 1. The zero-order valence-electron chi connectivity index (χ0n) is 11.2. The summed E-state index contributed by atoms with van der Waals surface area (Å²) in [5, 5.41) is 3.37. The van der Waals surface area contributed by atoms with E-state index < -0.39 is 0 Å². The molecule has 1 aliphatic rings. The topological polar surface area (TPSA) is 43.4 Å². The first-order valence-corrected chi connectivity index (χ1v) is 6.51. The van der Waals surface area contributed by atoms with Gasteiger partial charge in [0.2, 0.25) is 0 Å². The van der Waals surface area contributed by atoms with E-state index in [1.807, 2.05) is 12.3 Å². The summed E-state index contributed by atoms with van der Waals surface area (Å²) < 4.78 is 11.6. The Morgan fingerprint density at radius 3 is 3.17 bits per heavy atom. The van der Waals surface area contributed by atoms with E-state index in [-0.39, 0.29) is 11.7 Å². The lowest BCUT2D eigenvalue weighted by atomic mass is 10.1. The van der Waals surface area contributed by atoms with Gasteiger partial charge >= 0.3 is 0 Å². The van der Waals surface area contributed by atoms with Crippen molar-refractivity contribution in [1.29, 1.82) is 0 Å². The Kier molecular flexibility index (Phi) is 4.69. The van der Waals surface area contributed by atoms with Crippen molar-refractivity contribution in [3.05, 3.63) is 30.1 Å². The lowest BCUT2D eigenvalue weighted by Gasteiger charge is -2.36. The number of ether oxygens (including phenoxy) is 2. The lowest BCUT2D eigenvalue weighted by Crippen LogP contribution is -2.51. The third-order valence-corrected chi connectivity index (χ3v) is 2.97. The Labute approximate surface area is 109 Å². The molecule has 0 bridgehead atoms. The average Bonchev–Trinajstić information content (AvgIpc) is 2.35. The van der Waals surface area contributed by atoms with Crippen molar-refractivity contribution < 1.29 is 9.47 Å². The maximum atomic E-state index is 5.93. The van der Waals surface area contributed by atoms with Crippen molar-refractivity contribution >= 4 is 0 Å². The third-order valence-electron chi connectivity index (χ3n) is 2.97. The number of pyridine rings is 1. The molecule has 1 fully saturated rings. The summed E-state index contributed by atoms with van der Waals surface area (Å²) >= 11 is 0. The number of hydrogen-bond acceptors (Lipinski definition) is 4. The summed E-state index contributed by atoms with van der Waals surface area (Å²) in [6.07, 6.45) is 4.72. The molecule has 1 unspecified atom stereocenters. The summed E-state index contributed by atoms with van der Waals surface area (Å²) in [4.78, 5) is 4.08. The molecule has 0 spiro atoms. The molecule has 4 heteroatoms. The largest absolute Gasteiger partial charge is 0.378 e. The molecule has 1 aromatic rings. The first kappa shape index (κ1) is 13.5. The molecule has 0 amide bonds. The van der Waals surface area contributed by atoms with Crippen molar-refractivity contribution in [3.63, 3.8) is 0 Å². The van der Waals surface area contributed by atoms with Gasteiger partial charge in [-0.2, -0.15) is 0 Å². The van der Waals surface area contributed by atoms with Gasteiger partial charge in [-0.1, -0.05) is 6.07 Å². The number of rotatable bonds is 5. The Bertz CT molecular complexity index is 354. The molecule has 1 aromatic heterocycles. The second-order valence-electron chi connectivity index (χ2n) is 5.32. The minimum absolute atomic E-state index is 0.0877.